The first kappa shape index (κ1) is 16.3. The topological polar surface area (TPSA) is 39.7 Å². The van der Waals surface area contributed by atoms with Crippen LogP contribution in [0, 0.1) is 0 Å². The number of piperidine rings is 1. The van der Waals surface area contributed by atoms with Crippen molar-refractivity contribution in [3.05, 3.63) is 36.4 Å². The summed E-state index contributed by atoms with van der Waals surface area (Å²) in [5, 5.41) is 6.63. The van der Waals surface area contributed by atoms with Gasteiger partial charge in [-0.15, -0.1) is 0 Å². The lowest BCUT2D eigenvalue weighted by Crippen LogP contribution is -2.43. The summed E-state index contributed by atoms with van der Waals surface area (Å²) >= 11 is 0. The minimum absolute atomic E-state index is 0.435. The minimum atomic E-state index is 0.435. The van der Waals surface area contributed by atoms with Crippen molar-refractivity contribution < 1.29 is 0 Å². The molecule has 1 rings (SSSR count). The van der Waals surface area contributed by atoms with Gasteiger partial charge in [0.15, 0.2) is 0 Å². The summed E-state index contributed by atoms with van der Waals surface area (Å²) in [6.45, 7) is 10.1. The molecule has 0 aliphatic carbocycles. The zero-order valence-corrected chi connectivity index (χ0v) is 13.0. The van der Waals surface area contributed by atoms with E-state index in [9.17, 15) is 0 Å². The molecule has 112 valence electrons. The molecule has 4 heteroatoms. The van der Waals surface area contributed by atoms with Crippen molar-refractivity contribution in [2.75, 3.05) is 20.1 Å². The largest absolute Gasteiger partial charge is 0.394 e. The minimum Gasteiger partial charge on any atom is -0.394 e. The van der Waals surface area contributed by atoms with E-state index in [1.165, 1.54) is 18.4 Å². The van der Waals surface area contributed by atoms with Crippen LogP contribution in [-0.4, -0.2) is 37.3 Å². The van der Waals surface area contributed by atoms with Gasteiger partial charge in [-0.3, -0.25) is 0 Å². The summed E-state index contributed by atoms with van der Waals surface area (Å²) in [6.07, 6.45) is 11.1. The highest BCUT2D eigenvalue weighted by Gasteiger charge is 2.18. The number of rotatable bonds is 7. The maximum atomic E-state index is 4.51. The number of hydrogen-bond donors (Lipinski definition) is 2. The fourth-order valence-corrected chi connectivity index (χ4v) is 2.37. The van der Waals surface area contributed by atoms with Crippen LogP contribution in [0.5, 0.6) is 0 Å². The summed E-state index contributed by atoms with van der Waals surface area (Å²) in [7, 11) is 1.91. The van der Waals surface area contributed by atoms with Crippen LogP contribution in [-0.2, 0) is 0 Å². The van der Waals surface area contributed by atoms with Gasteiger partial charge in [-0.2, -0.15) is 0 Å². The van der Waals surface area contributed by atoms with Gasteiger partial charge in [0.1, 0.15) is 5.82 Å². The Hall–Kier alpha value is -1.71. The summed E-state index contributed by atoms with van der Waals surface area (Å²) in [6, 6.07) is 0.435. The first-order valence-electron chi connectivity index (χ1n) is 7.43. The van der Waals surface area contributed by atoms with Gasteiger partial charge in [-0.05, 0) is 50.2 Å². The van der Waals surface area contributed by atoms with Gasteiger partial charge in [0.25, 0.3) is 0 Å². The van der Waals surface area contributed by atoms with Crippen molar-refractivity contribution in [1.82, 2.24) is 15.5 Å². The van der Waals surface area contributed by atoms with Gasteiger partial charge >= 0.3 is 0 Å². The normalized spacial score (nSPS) is 21.1. The Morgan fingerprint density at radius 1 is 1.50 bits per heavy atom. The van der Waals surface area contributed by atoms with Crippen molar-refractivity contribution in [3.8, 4) is 0 Å². The van der Waals surface area contributed by atoms with Crippen LogP contribution in [0.25, 0.3) is 0 Å². The van der Waals surface area contributed by atoms with Crippen LogP contribution in [0.2, 0.25) is 0 Å². The summed E-state index contributed by atoms with van der Waals surface area (Å²) in [5.41, 5.74) is 1.22. The fourth-order valence-electron chi connectivity index (χ4n) is 2.37. The predicted molar refractivity (Wildman–Crippen MR) is 87.6 cm³/mol. The first-order valence-corrected chi connectivity index (χ1v) is 7.43. The molecule has 0 saturated carbocycles. The Balaban J connectivity index is 2.82. The molecule has 0 radical (unpaired) electrons. The average molecular weight is 276 g/mol. The number of nitrogens with one attached hydrogen (secondary N) is 2. The third kappa shape index (κ3) is 5.11. The quantitative estimate of drug-likeness (QED) is 0.555. The molecule has 20 heavy (non-hydrogen) atoms. The number of nitrogens with zero attached hydrogens (tertiary/aromatic N) is 2. The standard InChI is InChI=1S/C16H28N4/c1-5-14(10-11-17-4)16(18-6-2)19-15-9-8-12-20(7-3)13-15/h6-7,10-11,15,17,19H,3,5,8-9,12-13H2,1-2,4H3/b11-10-,16-14-,18-6?. The van der Waals surface area contributed by atoms with E-state index in [-0.39, 0.29) is 0 Å². The molecule has 0 aromatic carbocycles. The lowest BCUT2D eigenvalue weighted by Gasteiger charge is -2.33. The maximum Gasteiger partial charge on any atom is 0.129 e. The van der Waals surface area contributed by atoms with Crippen molar-refractivity contribution in [2.45, 2.75) is 39.2 Å². The van der Waals surface area contributed by atoms with E-state index in [0.717, 1.165) is 25.3 Å². The second-order valence-corrected chi connectivity index (χ2v) is 4.90. The summed E-state index contributed by atoms with van der Waals surface area (Å²) in [5.74, 6) is 0.984. The SMILES string of the molecule is C=CN1CCCC(N/C(N=CC)=C(\C=C/NC)CC)C1. The third-order valence-corrected chi connectivity index (χ3v) is 3.45. The monoisotopic (exact) mass is 276 g/mol. The van der Waals surface area contributed by atoms with Crippen molar-refractivity contribution in [3.63, 3.8) is 0 Å². The van der Waals surface area contributed by atoms with Crippen LogP contribution in [0.15, 0.2) is 41.4 Å². The molecular formula is C16H28N4. The molecule has 0 spiro atoms. The summed E-state index contributed by atoms with van der Waals surface area (Å²) in [4.78, 5) is 6.78. The van der Waals surface area contributed by atoms with E-state index >= 15 is 0 Å². The molecule has 0 amide bonds. The van der Waals surface area contributed by atoms with Crippen LogP contribution >= 0.6 is 0 Å². The molecule has 1 saturated heterocycles. The molecular weight excluding hydrogens is 248 g/mol. The van der Waals surface area contributed by atoms with Crippen LogP contribution in [0.3, 0.4) is 0 Å². The Labute approximate surface area is 123 Å². The van der Waals surface area contributed by atoms with E-state index < -0.39 is 0 Å². The lowest BCUT2D eigenvalue weighted by atomic mass is 10.1. The molecule has 1 aliphatic heterocycles. The molecule has 0 aromatic rings. The second kappa shape index (κ2) is 9.23. The molecule has 1 atom stereocenters. The Bertz CT molecular complexity index is 382. The van der Waals surface area contributed by atoms with Crippen molar-refractivity contribution in [1.29, 1.82) is 0 Å². The maximum absolute atomic E-state index is 4.51. The number of allylic oxidation sites excluding steroid dienone is 2. The molecule has 1 fully saturated rings. The highest BCUT2D eigenvalue weighted by atomic mass is 15.2. The Morgan fingerprint density at radius 2 is 2.30 bits per heavy atom. The molecule has 1 unspecified atom stereocenters. The molecule has 0 aromatic heterocycles. The molecule has 4 nitrogen and oxygen atoms in total. The number of aliphatic imine (C=N–C) groups is 1. The summed E-state index contributed by atoms with van der Waals surface area (Å²) < 4.78 is 0. The molecule has 1 aliphatic rings. The van der Waals surface area contributed by atoms with Crippen LogP contribution < -0.4 is 10.6 Å². The van der Waals surface area contributed by atoms with Gasteiger partial charge in [0, 0.05) is 32.4 Å². The number of likely N-dealkylation sites (tertiary alicyclic amines) is 1. The third-order valence-electron chi connectivity index (χ3n) is 3.45. The van der Waals surface area contributed by atoms with E-state index in [1.807, 2.05) is 32.6 Å². The average Bonchev–Trinajstić information content (AvgIpc) is 2.48. The smallest absolute Gasteiger partial charge is 0.129 e. The molecule has 1 heterocycles. The Kier molecular flexibility index (Phi) is 7.55. The van der Waals surface area contributed by atoms with E-state index in [4.69, 9.17) is 0 Å². The van der Waals surface area contributed by atoms with E-state index in [0.29, 0.717) is 6.04 Å². The second-order valence-electron chi connectivity index (χ2n) is 4.90. The van der Waals surface area contributed by atoms with Gasteiger partial charge in [0.05, 0.1) is 0 Å². The van der Waals surface area contributed by atoms with Crippen molar-refractivity contribution in [2.24, 2.45) is 4.99 Å². The predicted octanol–water partition coefficient (Wildman–Crippen LogP) is 2.63. The highest BCUT2D eigenvalue weighted by molar-refractivity contribution is 5.55. The molecule has 2 N–H and O–H groups in total. The zero-order chi connectivity index (χ0) is 14.8. The Morgan fingerprint density at radius 3 is 2.90 bits per heavy atom. The fraction of sp³-hybridized carbons (Fsp3) is 0.562. The zero-order valence-electron chi connectivity index (χ0n) is 13.0. The first-order chi connectivity index (χ1) is 9.74. The van der Waals surface area contributed by atoms with E-state index in [1.54, 1.807) is 0 Å². The van der Waals surface area contributed by atoms with Gasteiger partial charge in [0.2, 0.25) is 0 Å². The van der Waals surface area contributed by atoms with E-state index in [2.05, 4.69) is 40.1 Å². The van der Waals surface area contributed by atoms with Gasteiger partial charge < -0.3 is 15.5 Å². The van der Waals surface area contributed by atoms with Gasteiger partial charge in [-0.25, -0.2) is 4.99 Å². The highest BCUT2D eigenvalue weighted by Crippen LogP contribution is 2.15. The lowest BCUT2D eigenvalue weighted by molar-refractivity contribution is 0.261. The van der Waals surface area contributed by atoms with Crippen LogP contribution in [0.1, 0.15) is 33.1 Å². The number of hydrogen-bond acceptors (Lipinski definition) is 4. The molecule has 0 bridgehead atoms. The van der Waals surface area contributed by atoms with Crippen LogP contribution in [0.4, 0.5) is 0 Å². The van der Waals surface area contributed by atoms with Gasteiger partial charge in [-0.1, -0.05) is 13.5 Å². The van der Waals surface area contributed by atoms with Crippen molar-refractivity contribution >= 4 is 6.21 Å².